The van der Waals surface area contributed by atoms with Crippen molar-refractivity contribution in [2.75, 3.05) is 20.8 Å². The van der Waals surface area contributed by atoms with Gasteiger partial charge >= 0.3 is 12.0 Å². The van der Waals surface area contributed by atoms with Gasteiger partial charge in [0.2, 0.25) is 0 Å². The summed E-state index contributed by atoms with van der Waals surface area (Å²) >= 11 is 0. The number of carboxylic acids is 1. The lowest BCUT2D eigenvalue weighted by atomic mass is 10.2. The Morgan fingerprint density at radius 3 is 2.61 bits per heavy atom. The topological polar surface area (TPSA) is 96.9 Å². The number of methoxy groups -OCH3 is 2. The fraction of sp³-hybridized carbons (Fsp3) is 0.818. The van der Waals surface area contributed by atoms with Crippen LogP contribution in [0.2, 0.25) is 0 Å². The van der Waals surface area contributed by atoms with E-state index in [9.17, 15) is 9.59 Å². The maximum atomic E-state index is 11.6. The van der Waals surface area contributed by atoms with Crippen molar-refractivity contribution in [1.29, 1.82) is 0 Å². The molecule has 1 aliphatic rings. The minimum Gasteiger partial charge on any atom is -0.480 e. The number of rotatable bonds is 6. The van der Waals surface area contributed by atoms with Crippen LogP contribution in [-0.2, 0) is 14.3 Å². The van der Waals surface area contributed by atoms with Crippen LogP contribution in [0.4, 0.5) is 4.79 Å². The number of hydrogen-bond donors (Lipinski definition) is 3. The third kappa shape index (κ3) is 4.50. The Hall–Kier alpha value is -1.34. The molecular formula is C11H20N2O5. The number of aliphatic carboxylic acids is 1. The van der Waals surface area contributed by atoms with E-state index in [0.717, 1.165) is 19.3 Å². The average Bonchev–Trinajstić information content (AvgIpc) is 2.76. The first-order chi connectivity index (χ1) is 8.56. The van der Waals surface area contributed by atoms with E-state index in [-0.39, 0.29) is 18.8 Å². The van der Waals surface area contributed by atoms with Gasteiger partial charge in [-0.25, -0.2) is 9.59 Å². The number of nitrogens with one attached hydrogen (secondary N) is 2. The Morgan fingerprint density at radius 2 is 2.11 bits per heavy atom. The zero-order valence-corrected chi connectivity index (χ0v) is 10.6. The molecule has 7 heteroatoms. The highest BCUT2D eigenvalue weighted by Gasteiger charge is 2.27. The number of carbonyl (C=O) groups is 2. The summed E-state index contributed by atoms with van der Waals surface area (Å²) in [5, 5.41) is 14.0. The summed E-state index contributed by atoms with van der Waals surface area (Å²) in [5.74, 6) is -1.12. The number of carbonyl (C=O) groups excluding carboxylic acids is 1. The Bertz CT molecular complexity index is 297. The number of carboxylic acid groups (broad SMARTS) is 1. The number of hydrogen-bond acceptors (Lipinski definition) is 4. The monoisotopic (exact) mass is 260 g/mol. The summed E-state index contributed by atoms with van der Waals surface area (Å²) < 4.78 is 9.92. The normalized spacial score (nSPS) is 24.6. The van der Waals surface area contributed by atoms with Crippen LogP contribution in [0, 0.1) is 0 Å². The molecule has 1 aliphatic carbocycles. The standard InChI is InChI=1S/C11H20N2O5/c1-17-6-9(10(14)15)13-11(16)12-7-3-4-8(5-7)18-2/h7-9H,3-6H2,1-2H3,(H,14,15)(H2,12,13,16). The minimum atomic E-state index is -1.12. The van der Waals surface area contributed by atoms with Gasteiger partial charge in [0, 0.05) is 20.3 Å². The van der Waals surface area contributed by atoms with E-state index in [1.54, 1.807) is 7.11 Å². The van der Waals surface area contributed by atoms with Crippen LogP contribution in [0.3, 0.4) is 0 Å². The van der Waals surface area contributed by atoms with Crippen LogP contribution >= 0.6 is 0 Å². The molecule has 7 nitrogen and oxygen atoms in total. The molecule has 0 radical (unpaired) electrons. The van der Waals surface area contributed by atoms with Gasteiger partial charge in [0.05, 0.1) is 12.7 Å². The molecule has 0 aromatic heterocycles. The van der Waals surface area contributed by atoms with Gasteiger partial charge in [-0.2, -0.15) is 0 Å². The molecule has 18 heavy (non-hydrogen) atoms. The van der Waals surface area contributed by atoms with Crippen molar-refractivity contribution < 1.29 is 24.2 Å². The van der Waals surface area contributed by atoms with Crippen molar-refractivity contribution in [3.8, 4) is 0 Å². The van der Waals surface area contributed by atoms with Crippen molar-refractivity contribution in [3.05, 3.63) is 0 Å². The van der Waals surface area contributed by atoms with Crippen molar-refractivity contribution in [3.63, 3.8) is 0 Å². The summed E-state index contributed by atoms with van der Waals surface area (Å²) in [7, 11) is 3.03. The summed E-state index contributed by atoms with van der Waals surface area (Å²) in [4.78, 5) is 22.4. The molecule has 0 saturated heterocycles. The fourth-order valence-electron chi connectivity index (χ4n) is 2.01. The van der Waals surface area contributed by atoms with Crippen LogP contribution < -0.4 is 10.6 Å². The predicted octanol–water partition coefficient (Wildman–Crippen LogP) is -0.0473. The lowest BCUT2D eigenvalue weighted by molar-refractivity contribution is -0.140. The second-order valence-corrected chi connectivity index (χ2v) is 4.33. The van der Waals surface area contributed by atoms with Crippen LogP contribution in [0.15, 0.2) is 0 Å². The largest absolute Gasteiger partial charge is 0.480 e. The lowest BCUT2D eigenvalue weighted by Crippen LogP contribution is -2.50. The molecule has 1 rings (SSSR count). The van der Waals surface area contributed by atoms with Crippen molar-refractivity contribution in [1.82, 2.24) is 10.6 Å². The predicted molar refractivity (Wildman–Crippen MR) is 63.4 cm³/mol. The van der Waals surface area contributed by atoms with Crippen LogP contribution in [0.5, 0.6) is 0 Å². The lowest BCUT2D eigenvalue weighted by Gasteiger charge is -2.17. The first kappa shape index (κ1) is 14.7. The Labute approximate surface area is 106 Å². The van der Waals surface area contributed by atoms with E-state index in [2.05, 4.69) is 10.6 Å². The molecule has 0 bridgehead atoms. The molecular weight excluding hydrogens is 240 g/mol. The van der Waals surface area contributed by atoms with Gasteiger partial charge in [0.25, 0.3) is 0 Å². The van der Waals surface area contributed by atoms with E-state index >= 15 is 0 Å². The fourth-order valence-corrected chi connectivity index (χ4v) is 2.01. The maximum absolute atomic E-state index is 11.6. The summed E-state index contributed by atoms with van der Waals surface area (Å²) in [6, 6.07) is -1.48. The molecule has 0 aromatic rings. The highest BCUT2D eigenvalue weighted by Crippen LogP contribution is 2.21. The molecule has 2 amide bonds. The summed E-state index contributed by atoms with van der Waals surface area (Å²) in [6.07, 6.45) is 2.67. The average molecular weight is 260 g/mol. The number of ether oxygens (including phenoxy) is 2. The smallest absolute Gasteiger partial charge is 0.328 e. The van der Waals surface area contributed by atoms with E-state index in [1.165, 1.54) is 7.11 Å². The SMILES string of the molecule is COCC(NC(=O)NC1CCC(OC)C1)C(=O)O. The van der Waals surface area contributed by atoms with Crippen LogP contribution in [0.25, 0.3) is 0 Å². The van der Waals surface area contributed by atoms with E-state index in [1.807, 2.05) is 0 Å². The molecule has 0 spiro atoms. The Balaban J connectivity index is 2.34. The van der Waals surface area contributed by atoms with Gasteiger partial charge in [-0.3, -0.25) is 0 Å². The Kier molecular flexibility index (Phi) is 5.87. The first-order valence-electron chi connectivity index (χ1n) is 5.88. The van der Waals surface area contributed by atoms with Crippen molar-refractivity contribution >= 4 is 12.0 Å². The quantitative estimate of drug-likeness (QED) is 0.622. The minimum absolute atomic E-state index is 0.0342. The third-order valence-electron chi connectivity index (χ3n) is 2.99. The van der Waals surface area contributed by atoms with E-state index in [0.29, 0.717) is 0 Å². The molecule has 1 saturated carbocycles. The molecule has 104 valence electrons. The zero-order valence-electron chi connectivity index (χ0n) is 10.6. The van der Waals surface area contributed by atoms with E-state index in [4.69, 9.17) is 14.6 Å². The molecule has 1 fully saturated rings. The molecule has 0 aliphatic heterocycles. The molecule has 0 heterocycles. The summed E-state index contributed by atoms with van der Waals surface area (Å²) in [6.45, 7) is -0.0614. The number of urea groups is 1. The number of amides is 2. The van der Waals surface area contributed by atoms with Crippen LogP contribution in [-0.4, -0.2) is 56.1 Å². The van der Waals surface area contributed by atoms with Gasteiger partial charge in [-0.05, 0) is 19.3 Å². The zero-order chi connectivity index (χ0) is 13.5. The van der Waals surface area contributed by atoms with Gasteiger partial charge in [0.15, 0.2) is 6.04 Å². The molecule has 3 atom stereocenters. The Morgan fingerprint density at radius 1 is 1.39 bits per heavy atom. The first-order valence-corrected chi connectivity index (χ1v) is 5.88. The van der Waals surface area contributed by atoms with Crippen LogP contribution in [0.1, 0.15) is 19.3 Å². The van der Waals surface area contributed by atoms with Crippen molar-refractivity contribution in [2.24, 2.45) is 0 Å². The summed E-state index contributed by atoms with van der Waals surface area (Å²) in [5.41, 5.74) is 0. The third-order valence-corrected chi connectivity index (χ3v) is 2.99. The van der Waals surface area contributed by atoms with Gasteiger partial charge in [-0.15, -0.1) is 0 Å². The highest BCUT2D eigenvalue weighted by atomic mass is 16.5. The molecule has 3 unspecified atom stereocenters. The maximum Gasteiger partial charge on any atom is 0.328 e. The van der Waals surface area contributed by atoms with Gasteiger partial charge < -0.3 is 25.2 Å². The van der Waals surface area contributed by atoms with E-state index < -0.39 is 18.0 Å². The van der Waals surface area contributed by atoms with Gasteiger partial charge in [-0.1, -0.05) is 0 Å². The second kappa shape index (κ2) is 7.17. The molecule has 0 aromatic carbocycles. The molecule has 3 N–H and O–H groups in total. The van der Waals surface area contributed by atoms with Gasteiger partial charge in [0.1, 0.15) is 0 Å². The second-order valence-electron chi connectivity index (χ2n) is 4.33. The highest BCUT2D eigenvalue weighted by molar-refractivity contribution is 5.82. The van der Waals surface area contributed by atoms with Crippen molar-refractivity contribution in [2.45, 2.75) is 37.5 Å².